The minimum Gasteiger partial charge on any atom is -0.0891 e. The summed E-state index contributed by atoms with van der Waals surface area (Å²) in [7, 11) is 0. The molecule has 1 aromatic rings. The summed E-state index contributed by atoms with van der Waals surface area (Å²) in [6.07, 6.45) is 5.36. The maximum Gasteiger partial charge on any atom is 0.0146 e. The first-order valence-corrected chi connectivity index (χ1v) is 6.38. The Morgan fingerprint density at radius 1 is 1.00 bits per heavy atom. The molecule has 1 fully saturated rings. The standard InChI is InChI=1S/C13H17Br/c1-10-2-4-11(5-3-10)12-6-8-13(14)9-7-12/h2-5,12-13H,6-9H2,1H3. The van der Waals surface area contributed by atoms with Crippen molar-refractivity contribution in [2.24, 2.45) is 0 Å². The summed E-state index contributed by atoms with van der Waals surface area (Å²) in [5, 5.41) is 0. The lowest BCUT2D eigenvalue weighted by Crippen LogP contribution is -2.12. The molecule has 1 aromatic carbocycles. The second-order valence-corrected chi connectivity index (χ2v) is 5.65. The maximum absolute atomic E-state index is 3.70. The van der Waals surface area contributed by atoms with Gasteiger partial charge in [-0.25, -0.2) is 0 Å². The first kappa shape index (κ1) is 10.2. The molecule has 0 radical (unpaired) electrons. The van der Waals surface area contributed by atoms with Crippen molar-refractivity contribution in [1.82, 2.24) is 0 Å². The normalized spacial score (nSPS) is 27.6. The van der Waals surface area contributed by atoms with Crippen molar-refractivity contribution in [2.45, 2.75) is 43.4 Å². The van der Waals surface area contributed by atoms with Crippen LogP contribution in [0.5, 0.6) is 0 Å². The Bertz CT molecular complexity index is 281. The van der Waals surface area contributed by atoms with Crippen LogP contribution in [0.2, 0.25) is 0 Å². The van der Waals surface area contributed by atoms with Crippen molar-refractivity contribution in [3.8, 4) is 0 Å². The SMILES string of the molecule is Cc1ccc(C2CCC(Br)CC2)cc1. The summed E-state index contributed by atoms with van der Waals surface area (Å²) >= 11 is 3.70. The summed E-state index contributed by atoms with van der Waals surface area (Å²) in [6, 6.07) is 9.06. The molecular formula is C13H17Br. The van der Waals surface area contributed by atoms with Crippen molar-refractivity contribution in [2.75, 3.05) is 0 Å². The molecule has 0 atom stereocenters. The van der Waals surface area contributed by atoms with Crippen molar-refractivity contribution < 1.29 is 0 Å². The molecule has 0 amide bonds. The summed E-state index contributed by atoms with van der Waals surface area (Å²) in [5.41, 5.74) is 2.90. The zero-order valence-electron chi connectivity index (χ0n) is 8.67. The van der Waals surface area contributed by atoms with E-state index in [9.17, 15) is 0 Å². The van der Waals surface area contributed by atoms with E-state index in [1.54, 1.807) is 0 Å². The van der Waals surface area contributed by atoms with Gasteiger partial charge in [-0.3, -0.25) is 0 Å². The van der Waals surface area contributed by atoms with Crippen LogP contribution >= 0.6 is 15.9 Å². The zero-order valence-corrected chi connectivity index (χ0v) is 10.3. The molecule has 0 N–H and O–H groups in total. The van der Waals surface area contributed by atoms with Crippen LogP contribution in [0, 0.1) is 6.92 Å². The number of alkyl halides is 1. The number of halogens is 1. The van der Waals surface area contributed by atoms with E-state index in [0.717, 1.165) is 10.7 Å². The minimum atomic E-state index is 0.768. The molecule has 2 rings (SSSR count). The Morgan fingerprint density at radius 3 is 2.14 bits per heavy atom. The number of rotatable bonds is 1. The van der Waals surface area contributed by atoms with Gasteiger partial charge in [0.05, 0.1) is 0 Å². The fourth-order valence-electron chi connectivity index (χ4n) is 2.22. The monoisotopic (exact) mass is 252 g/mol. The van der Waals surface area contributed by atoms with E-state index >= 15 is 0 Å². The average molecular weight is 253 g/mol. The third-order valence-electron chi connectivity index (χ3n) is 3.21. The lowest BCUT2D eigenvalue weighted by molar-refractivity contribution is 0.457. The van der Waals surface area contributed by atoms with Crippen LogP contribution in [0.15, 0.2) is 24.3 Å². The second kappa shape index (κ2) is 4.48. The molecule has 1 saturated carbocycles. The van der Waals surface area contributed by atoms with E-state index in [-0.39, 0.29) is 0 Å². The predicted molar refractivity (Wildman–Crippen MR) is 65.1 cm³/mol. The van der Waals surface area contributed by atoms with E-state index in [4.69, 9.17) is 0 Å². The van der Waals surface area contributed by atoms with Gasteiger partial charge in [-0.15, -0.1) is 0 Å². The molecule has 1 heteroatoms. The molecule has 0 nitrogen and oxygen atoms in total. The summed E-state index contributed by atoms with van der Waals surface area (Å²) in [6.45, 7) is 2.15. The number of benzene rings is 1. The number of hydrogen-bond acceptors (Lipinski definition) is 0. The summed E-state index contributed by atoms with van der Waals surface area (Å²) in [4.78, 5) is 0.768. The lowest BCUT2D eigenvalue weighted by atomic mass is 9.84. The third kappa shape index (κ3) is 2.38. The van der Waals surface area contributed by atoms with E-state index in [1.807, 2.05) is 0 Å². The molecule has 0 bridgehead atoms. The Balaban J connectivity index is 2.05. The summed E-state index contributed by atoms with van der Waals surface area (Å²) in [5.74, 6) is 0.810. The van der Waals surface area contributed by atoms with Crippen molar-refractivity contribution >= 4 is 15.9 Å². The molecule has 0 aromatic heterocycles. The maximum atomic E-state index is 3.70. The van der Waals surface area contributed by atoms with E-state index < -0.39 is 0 Å². The molecule has 0 heterocycles. The van der Waals surface area contributed by atoms with Gasteiger partial charge in [0, 0.05) is 4.83 Å². The first-order valence-electron chi connectivity index (χ1n) is 5.46. The van der Waals surface area contributed by atoms with Crippen LogP contribution in [-0.2, 0) is 0 Å². The minimum absolute atomic E-state index is 0.768. The van der Waals surface area contributed by atoms with Gasteiger partial charge in [0.1, 0.15) is 0 Å². The molecular weight excluding hydrogens is 236 g/mol. The number of hydrogen-bond donors (Lipinski definition) is 0. The molecule has 0 unspecified atom stereocenters. The van der Waals surface area contributed by atoms with Crippen LogP contribution in [-0.4, -0.2) is 4.83 Å². The highest BCUT2D eigenvalue weighted by Crippen LogP contribution is 2.35. The average Bonchev–Trinajstić information content (AvgIpc) is 2.21. The van der Waals surface area contributed by atoms with Gasteiger partial charge in [0.25, 0.3) is 0 Å². The fourth-order valence-corrected chi connectivity index (χ4v) is 2.75. The molecule has 0 saturated heterocycles. The van der Waals surface area contributed by atoms with Crippen molar-refractivity contribution in [3.05, 3.63) is 35.4 Å². The largest absolute Gasteiger partial charge is 0.0891 e. The predicted octanol–water partition coefficient (Wildman–Crippen LogP) is 4.42. The Kier molecular flexibility index (Phi) is 3.27. The molecule has 1 aliphatic rings. The highest BCUT2D eigenvalue weighted by Gasteiger charge is 2.20. The highest BCUT2D eigenvalue weighted by molar-refractivity contribution is 9.09. The Labute approximate surface area is 94.8 Å². The molecule has 14 heavy (non-hydrogen) atoms. The zero-order chi connectivity index (χ0) is 9.97. The fraction of sp³-hybridized carbons (Fsp3) is 0.538. The first-order chi connectivity index (χ1) is 6.75. The van der Waals surface area contributed by atoms with Gasteiger partial charge in [-0.05, 0) is 44.1 Å². The van der Waals surface area contributed by atoms with Crippen molar-refractivity contribution in [1.29, 1.82) is 0 Å². The molecule has 0 spiro atoms. The highest BCUT2D eigenvalue weighted by atomic mass is 79.9. The van der Waals surface area contributed by atoms with Gasteiger partial charge < -0.3 is 0 Å². The topological polar surface area (TPSA) is 0 Å². The van der Waals surface area contributed by atoms with Crippen LogP contribution in [0.4, 0.5) is 0 Å². The van der Waals surface area contributed by atoms with Gasteiger partial charge in [-0.2, -0.15) is 0 Å². The van der Waals surface area contributed by atoms with E-state index in [1.165, 1.54) is 36.8 Å². The van der Waals surface area contributed by atoms with Crippen LogP contribution in [0.3, 0.4) is 0 Å². The summed E-state index contributed by atoms with van der Waals surface area (Å²) < 4.78 is 0. The van der Waals surface area contributed by atoms with Gasteiger partial charge >= 0.3 is 0 Å². The lowest BCUT2D eigenvalue weighted by Gasteiger charge is -2.25. The second-order valence-electron chi connectivity index (χ2n) is 4.36. The van der Waals surface area contributed by atoms with Crippen LogP contribution < -0.4 is 0 Å². The van der Waals surface area contributed by atoms with Gasteiger partial charge in [0.15, 0.2) is 0 Å². The van der Waals surface area contributed by atoms with Crippen molar-refractivity contribution in [3.63, 3.8) is 0 Å². The Hall–Kier alpha value is -0.300. The Morgan fingerprint density at radius 2 is 1.57 bits per heavy atom. The molecule has 0 aliphatic heterocycles. The molecule has 76 valence electrons. The molecule has 1 aliphatic carbocycles. The van der Waals surface area contributed by atoms with Gasteiger partial charge in [0.2, 0.25) is 0 Å². The smallest absolute Gasteiger partial charge is 0.0146 e. The number of aryl methyl sites for hydroxylation is 1. The van der Waals surface area contributed by atoms with E-state index in [2.05, 4.69) is 47.1 Å². The third-order valence-corrected chi connectivity index (χ3v) is 4.12. The van der Waals surface area contributed by atoms with Crippen LogP contribution in [0.25, 0.3) is 0 Å². The van der Waals surface area contributed by atoms with Crippen LogP contribution in [0.1, 0.15) is 42.7 Å². The quantitative estimate of drug-likeness (QED) is 0.650. The van der Waals surface area contributed by atoms with Gasteiger partial charge in [-0.1, -0.05) is 45.8 Å². The van der Waals surface area contributed by atoms with E-state index in [0.29, 0.717) is 0 Å².